The van der Waals surface area contributed by atoms with Crippen LogP contribution in [0.25, 0.3) is 0 Å². The molecule has 0 radical (unpaired) electrons. The molecule has 0 amide bonds. The number of hydrogen-bond donors (Lipinski definition) is 0. The first-order chi connectivity index (χ1) is 21.3. The number of hydrogen-bond acceptors (Lipinski definition) is 1. The van der Waals surface area contributed by atoms with E-state index in [4.69, 9.17) is 0 Å². The van der Waals surface area contributed by atoms with Gasteiger partial charge in [-0.05, 0) is 166 Å². The molecule has 16 atom stereocenters. The summed E-state index contributed by atoms with van der Waals surface area (Å²) in [7, 11) is 0. The third-order valence-electron chi connectivity index (χ3n) is 18.2. The number of rotatable bonds is 2. The van der Waals surface area contributed by atoms with Gasteiger partial charge in [-0.25, -0.2) is 0 Å². The van der Waals surface area contributed by atoms with Gasteiger partial charge in [0, 0.05) is 18.1 Å². The lowest BCUT2D eigenvalue weighted by molar-refractivity contribution is -0.0321. The molecule has 43 heavy (non-hydrogen) atoms. The predicted octanol–water partition coefficient (Wildman–Crippen LogP) is 10.9. The Balaban J connectivity index is 0.928. The number of nitrogens with zero attached hydrogens (tertiary/aromatic N) is 1. The third-order valence-corrected chi connectivity index (χ3v) is 18.2. The average molecular weight is 586 g/mol. The van der Waals surface area contributed by atoms with Crippen molar-refractivity contribution in [3.8, 4) is 0 Å². The molecular weight excluding hydrogens is 518 g/mol. The quantitative estimate of drug-likeness (QED) is 0.311. The Hall–Kier alpha value is -0.0400. The summed E-state index contributed by atoms with van der Waals surface area (Å²) in [5, 5.41) is 0. The van der Waals surface area contributed by atoms with E-state index >= 15 is 0 Å². The summed E-state index contributed by atoms with van der Waals surface area (Å²) in [5.41, 5.74) is 0. The molecule has 1 nitrogen and oxygen atoms in total. The molecule has 0 bridgehead atoms. The molecule has 1 heteroatoms. The van der Waals surface area contributed by atoms with Crippen molar-refractivity contribution >= 4 is 0 Å². The Morgan fingerprint density at radius 3 is 1.72 bits per heavy atom. The first kappa shape index (κ1) is 28.0. The van der Waals surface area contributed by atoms with Crippen molar-refractivity contribution < 1.29 is 0 Å². The van der Waals surface area contributed by atoms with E-state index < -0.39 is 0 Å². The number of fused-ring (bicyclic) bond motifs is 11. The van der Waals surface area contributed by atoms with Gasteiger partial charge in [-0.1, -0.05) is 77.0 Å². The van der Waals surface area contributed by atoms with E-state index in [2.05, 4.69) is 4.90 Å². The van der Waals surface area contributed by atoms with Crippen molar-refractivity contribution in [1.29, 1.82) is 0 Å². The summed E-state index contributed by atoms with van der Waals surface area (Å²) in [4.78, 5) is 3.43. The summed E-state index contributed by atoms with van der Waals surface area (Å²) in [5.74, 6) is 15.7. The molecule has 0 aromatic carbocycles. The highest BCUT2D eigenvalue weighted by atomic mass is 15.3. The van der Waals surface area contributed by atoms with Crippen LogP contribution in [0.3, 0.4) is 0 Å². The molecule has 1 aliphatic heterocycles. The van der Waals surface area contributed by atoms with E-state index in [-0.39, 0.29) is 0 Å². The Labute approximate surface area is 265 Å². The van der Waals surface area contributed by atoms with Crippen molar-refractivity contribution in [3.05, 3.63) is 0 Å². The van der Waals surface area contributed by atoms with Crippen LogP contribution in [0.2, 0.25) is 0 Å². The van der Waals surface area contributed by atoms with Gasteiger partial charge in [0.1, 0.15) is 0 Å². The average Bonchev–Trinajstić information content (AvgIpc) is 3.76. The largest absolute Gasteiger partial charge is 0.294 e. The molecule has 0 spiro atoms. The molecule has 10 rings (SSSR count). The fourth-order valence-corrected chi connectivity index (χ4v) is 17.1. The first-order valence-electron chi connectivity index (χ1n) is 21.1. The monoisotopic (exact) mass is 586 g/mol. The van der Waals surface area contributed by atoms with E-state index in [0.717, 1.165) is 101 Å². The Kier molecular flexibility index (Phi) is 7.36. The Morgan fingerprint density at radius 2 is 0.907 bits per heavy atom. The highest BCUT2D eigenvalue weighted by Gasteiger charge is 2.61. The summed E-state index contributed by atoms with van der Waals surface area (Å²) >= 11 is 0. The van der Waals surface area contributed by atoms with Gasteiger partial charge in [0.05, 0.1) is 0 Å². The molecular formula is C42H67N. The predicted molar refractivity (Wildman–Crippen MR) is 177 cm³/mol. The van der Waals surface area contributed by atoms with Gasteiger partial charge in [-0.3, -0.25) is 4.90 Å². The lowest BCUT2D eigenvalue weighted by atomic mass is 9.54. The number of likely N-dealkylation sites (tertiary alicyclic amines) is 1. The van der Waals surface area contributed by atoms with Crippen LogP contribution in [0.15, 0.2) is 0 Å². The minimum absolute atomic E-state index is 0.970. The first-order valence-corrected chi connectivity index (χ1v) is 21.1. The topological polar surface area (TPSA) is 3.24 Å². The molecule has 0 aromatic rings. The van der Waals surface area contributed by atoms with E-state index in [0.29, 0.717) is 0 Å². The van der Waals surface area contributed by atoms with Crippen molar-refractivity contribution in [2.45, 2.75) is 179 Å². The molecule has 1 saturated heterocycles. The van der Waals surface area contributed by atoms with Crippen LogP contribution in [-0.4, -0.2) is 23.0 Å². The van der Waals surface area contributed by atoms with Gasteiger partial charge in [0.2, 0.25) is 0 Å². The van der Waals surface area contributed by atoms with Crippen LogP contribution in [0, 0.1) is 82.9 Å². The SMILES string of the molecule is C1CCC2CC(C3CC4CCCCC4C4CC5CC(N6C7CCCCC7C7CCC8CCCCC8C76)CCC5C34)CC2C1. The van der Waals surface area contributed by atoms with Crippen molar-refractivity contribution in [2.24, 2.45) is 82.9 Å². The van der Waals surface area contributed by atoms with Gasteiger partial charge in [0.25, 0.3) is 0 Å². The van der Waals surface area contributed by atoms with Crippen LogP contribution in [0.4, 0.5) is 0 Å². The maximum Gasteiger partial charge on any atom is 0.0164 e. The molecule has 0 aromatic heterocycles. The van der Waals surface area contributed by atoms with Gasteiger partial charge < -0.3 is 0 Å². The maximum atomic E-state index is 3.43. The molecule has 240 valence electrons. The summed E-state index contributed by atoms with van der Waals surface area (Å²) in [6.07, 6.45) is 40.1. The second-order valence-electron chi connectivity index (χ2n) is 19.4. The maximum absolute atomic E-state index is 3.43. The van der Waals surface area contributed by atoms with E-state index in [1.165, 1.54) is 0 Å². The lowest BCUT2D eigenvalue weighted by Crippen LogP contribution is -2.54. The van der Waals surface area contributed by atoms with Crippen molar-refractivity contribution in [1.82, 2.24) is 4.90 Å². The fraction of sp³-hybridized carbons (Fsp3) is 1.00. The zero-order valence-corrected chi connectivity index (χ0v) is 27.9. The summed E-state index contributed by atoms with van der Waals surface area (Å²) < 4.78 is 0. The Morgan fingerprint density at radius 1 is 0.302 bits per heavy atom. The van der Waals surface area contributed by atoms with Crippen LogP contribution in [0.5, 0.6) is 0 Å². The van der Waals surface area contributed by atoms with Gasteiger partial charge in [0.15, 0.2) is 0 Å². The molecule has 1 heterocycles. The highest BCUT2D eigenvalue weighted by molar-refractivity contribution is 5.12. The molecule has 9 aliphatic carbocycles. The third kappa shape index (κ3) is 4.50. The molecule has 10 fully saturated rings. The molecule has 10 aliphatic rings. The van der Waals surface area contributed by atoms with Crippen LogP contribution >= 0.6 is 0 Å². The standard InChI is InChI=1S/C42H67N/c1-2-11-28-22-30(21-27(28)10-1)38-24-29-12-4-5-13-33(29)39-25-31-23-32(18-20-34(31)41(38)39)43-40-16-8-7-15-36(40)37-19-17-26-9-3-6-14-35(26)42(37)43/h26-42H,1-25H2. The van der Waals surface area contributed by atoms with Crippen LogP contribution in [-0.2, 0) is 0 Å². The molecule has 9 saturated carbocycles. The zero-order chi connectivity index (χ0) is 28.1. The van der Waals surface area contributed by atoms with Gasteiger partial charge in [-0.15, -0.1) is 0 Å². The second-order valence-corrected chi connectivity index (χ2v) is 19.4. The minimum atomic E-state index is 0.970. The van der Waals surface area contributed by atoms with Crippen molar-refractivity contribution in [3.63, 3.8) is 0 Å². The summed E-state index contributed by atoms with van der Waals surface area (Å²) in [6, 6.07) is 2.97. The molecule has 16 unspecified atom stereocenters. The smallest absolute Gasteiger partial charge is 0.0164 e. The fourth-order valence-electron chi connectivity index (χ4n) is 17.1. The highest BCUT2D eigenvalue weighted by Crippen LogP contribution is 2.66. The Bertz CT molecular complexity index is 989. The van der Waals surface area contributed by atoms with E-state index in [1.54, 1.807) is 161 Å². The van der Waals surface area contributed by atoms with E-state index in [1.807, 2.05) is 0 Å². The van der Waals surface area contributed by atoms with Crippen LogP contribution < -0.4 is 0 Å². The van der Waals surface area contributed by atoms with Crippen molar-refractivity contribution in [2.75, 3.05) is 0 Å². The second kappa shape index (κ2) is 11.3. The van der Waals surface area contributed by atoms with Gasteiger partial charge in [-0.2, -0.15) is 0 Å². The zero-order valence-electron chi connectivity index (χ0n) is 27.9. The normalized spacial score (nSPS) is 57.9. The summed E-state index contributed by atoms with van der Waals surface area (Å²) in [6.45, 7) is 0. The van der Waals surface area contributed by atoms with Crippen LogP contribution in [0.1, 0.15) is 161 Å². The minimum Gasteiger partial charge on any atom is -0.294 e. The molecule has 0 N–H and O–H groups in total. The lowest BCUT2D eigenvalue weighted by Gasteiger charge is -2.52. The van der Waals surface area contributed by atoms with E-state index in [9.17, 15) is 0 Å². The van der Waals surface area contributed by atoms with Gasteiger partial charge >= 0.3 is 0 Å².